The van der Waals surface area contributed by atoms with Crippen molar-refractivity contribution in [3.63, 3.8) is 0 Å². The van der Waals surface area contributed by atoms with Gasteiger partial charge in [0.25, 0.3) is 5.91 Å². The smallest absolute Gasteiger partial charge is 0.325 e. The molecule has 6 nitrogen and oxygen atoms in total. The monoisotopic (exact) mass is 391 g/mol. The SMILES string of the molecule is CCC(C)(C)C1CCC2(CC1)NC(=O)N(CC(=O)N1CC(C)CC(C)C1)C2=O. The highest BCUT2D eigenvalue weighted by atomic mass is 16.2. The van der Waals surface area contributed by atoms with Gasteiger partial charge < -0.3 is 10.2 Å². The maximum Gasteiger partial charge on any atom is 0.325 e. The van der Waals surface area contributed by atoms with Crippen LogP contribution in [-0.2, 0) is 9.59 Å². The van der Waals surface area contributed by atoms with Crippen LogP contribution in [0.1, 0.15) is 73.1 Å². The molecule has 2 atom stereocenters. The Labute approximate surface area is 169 Å². The van der Waals surface area contributed by atoms with Crippen molar-refractivity contribution in [2.45, 2.75) is 78.7 Å². The Morgan fingerprint density at radius 1 is 1.14 bits per heavy atom. The number of amides is 4. The van der Waals surface area contributed by atoms with Crippen LogP contribution in [0.3, 0.4) is 0 Å². The summed E-state index contributed by atoms with van der Waals surface area (Å²) in [4.78, 5) is 41.5. The lowest BCUT2D eigenvalue weighted by Crippen LogP contribution is -2.51. The molecule has 2 heterocycles. The summed E-state index contributed by atoms with van der Waals surface area (Å²) in [7, 11) is 0. The van der Waals surface area contributed by atoms with Crippen LogP contribution in [0.5, 0.6) is 0 Å². The predicted molar refractivity (Wildman–Crippen MR) is 109 cm³/mol. The minimum absolute atomic E-state index is 0.111. The van der Waals surface area contributed by atoms with Gasteiger partial charge in [0.05, 0.1) is 0 Å². The molecule has 1 spiro atoms. The molecule has 3 rings (SSSR count). The van der Waals surface area contributed by atoms with E-state index >= 15 is 0 Å². The zero-order valence-electron chi connectivity index (χ0n) is 18.2. The van der Waals surface area contributed by atoms with Gasteiger partial charge in [0.2, 0.25) is 5.91 Å². The van der Waals surface area contributed by atoms with Gasteiger partial charge in [0, 0.05) is 13.1 Å². The fourth-order valence-electron chi connectivity index (χ4n) is 5.44. The lowest BCUT2D eigenvalue weighted by Gasteiger charge is -2.42. The molecule has 158 valence electrons. The van der Waals surface area contributed by atoms with Crippen molar-refractivity contribution in [3.8, 4) is 0 Å². The van der Waals surface area contributed by atoms with Gasteiger partial charge in [-0.2, -0.15) is 0 Å². The molecule has 6 heteroatoms. The van der Waals surface area contributed by atoms with E-state index in [1.54, 1.807) is 0 Å². The first kappa shape index (κ1) is 21.1. The molecular formula is C22H37N3O3. The molecule has 0 bridgehead atoms. The van der Waals surface area contributed by atoms with Crippen molar-refractivity contribution in [1.29, 1.82) is 0 Å². The minimum atomic E-state index is -0.792. The highest BCUT2D eigenvalue weighted by Crippen LogP contribution is 2.45. The Morgan fingerprint density at radius 2 is 1.71 bits per heavy atom. The Morgan fingerprint density at radius 3 is 2.25 bits per heavy atom. The summed E-state index contributed by atoms with van der Waals surface area (Å²) in [5.74, 6) is 1.18. The third-order valence-corrected chi connectivity index (χ3v) is 7.62. The van der Waals surface area contributed by atoms with Crippen LogP contribution in [0, 0.1) is 23.2 Å². The summed E-state index contributed by atoms with van der Waals surface area (Å²) in [6, 6.07) is -0.398. The van der Waals surface area contributed by atoms with E-state index in [0.29, 0.717) is 43.7 Å². The van der Waals surface area contributed by atoms with Gasteiger partial charge in [0.15, 0.2) is 0 Å². The number of hydrogen-bond donors (Lipinski definition) is 1. The molecule has 0 radical (unpaired) electrons. The number of hydrogen-bond acceptors (Lipinski definition) is 3. The molecule has 0 aromatic rings. The third-order valence-electron chi connectivity index (χ3n) is 7.62. The van der Waals surface area contributed by atoms with Crippen molar-refractivity contribution < 1.29 is 14.4 Å². The van der Waals surface area contributed by atoms with Crippen LogP contribution >= 0.6 is 0 Å². The molecule has 1 N–H and O–H groups in total. The molecule has 2 saturated heterocycles. The van der Waals surface area contributed by atoms with E-state index in [1.165, 1.54) is 0 Å². The van der Waals surface area contributed by atoms with Gasteiger partial charge in [-0.15, -0.1) is 0 Å². The van der Waals surface area contributed by atoms with Crippen LogP contribution in [-0.4, -0.2) is 52.8 Å². The molecule has 4 amide bonds. The van der Waals surface area contributed by atoms with Crippen molar-refractivity contribution in [2.75, 3.05) is 19.6 Å². The maximum absolute atomic E-state index is 13.1. The van der Waals surface area contributed by atoms with Crippen molar-refractivity contribution in [2.24, 2.45) is 23.2 Å². The van der Waals surface area contributed by atoms with Gasteiger partial charge in [-0.05, 0) is 55.3 Å². The third kappa shape index (κ3) is 3.92. The first-order valence-electron chi connectivity index (χ1n) is 11.0. The molecule has 3 aliphatic rings. The van der Waals surface area contributed by atoms with E-state index in [2.05, 4.69) is 39.9 Å². The van der Waals surface area contributed by atoms with Crippen LogP contribution in [0.15, 0.2) is 0 Å². The summed E-state index contributed by atoms with van der Waals surface area (Å²) in [5.41, 5.74) is -0.537. The van der Waals surface area contributed by atoms with Crippen molar-refractivity contribution >= 4 is 17.8 Å². The van der Waals surface area contributed by atoms with E-state index in [0.717, 1.165) is 30.6 Å². The zero-order chi connectivity index (χ0) is 20.7. The molecule has 1 saturated carbocycles. The summed E-state index contributed by atoms with van der Waals surface area (Å²) < 4.78 is 0. The van der Waals surface area contributed by atoms with E-state index in [1.807, 2.05) is 4.90 Å². The second-order valence-corrected chi connectivity index (χ2v) is 10.3. The first-order chi connectivity index (χ1) is 13.1. The molecule has 2 aliphatic heterocycles. The molecule has 0 aromatic carbocycles. The van der Waals surface area contributed by atoms with Gasteiger partial charge in [0.1, 0.15) is 12.1 Å². The lowest BCUT2D eigenvalue weighted by atomic mass is 9.65. The number of carbonyl (C=O) groups excluding carboxylic acids is 3. The van der Waals surface area contributed by atoms with E-state index in [4.69, 9.17) is 0 Å². The molecule has 3 fully saturated rings. The van der Waals surface area contributed by atoms with Crippen molar-refractivity contribution in [3.05, 3.63) is 0 Å². The van der Waals surface area contributed by atoms with Crippen LogP contribution in [0.4, 0.5) is 4.79 Å². The summed E-state index contributed by atoms with van der Waals surface area (Å²) in [6.45, 7) is 12.4. The molecule has 28 heavy (non-hydrogen) atoms. The fraction of sp³-hybridized carbons (Fsp3) is 0.864. The second-order valence-electron chi connectivity index (χ2n) is 10.3. The van der Waals surface area contributed by atoms with Gasteiger partial charge in [-0.1, -0.05) is 41.0 Å². The first-order valence-corrected chi connectivity index (χ1v) is 11.0. The molecule has 0 aromatic heterocycles. The zero-order valence-corrected chi connectivity index (χ0v) is 18.2. The number of urea groups is 1. The number of carbonyl (C=O) groups is 3. The van der Waals surface area contributed by atoms with E-state index in [-0.39, 0.29) is 23.8 Å². The van der Waals surface area contributed by atoms with E-state index in [9.17, 15) is 14.4 Å². The Balaban J connectivity index is 1.63. The van der Waals surface area contributed by atoms with Crippen LogP contribution < -0.4 is 5.32 Å². The summed E-state index contributed by atoms with van der Waals surface area (Å²) in [5, 5.41) is 2.95. The topological polar surface area (TPSA) is 69.7 Å². The number of rotatable bonds is 4. The van der Waals surface area contributed by atoms with E-state index < -0.39 is 11.6 Å². The highest BCUT2D eigenvalue weighted by Gasteiger charge is 2.54. The van der Waals surface area contributed by atoms with Gasteiger partial charge in [-0.3, -0.25) is 14.5 Å². The molecule has 2 unspecified atom stereocenters. The summed E-state index contributed by atoms with van der Waals surface area (Å²) in [6.07, 6.45) is 5.46. The lowest BCUT2D eigenvalue weighted by molar-refractivity contribution is -0.141. The Bertz CT molecular complexity index is 627. The van der Waals surface area contributed by atoms with Crippen LogP contribution in [0.25, 0.3) is 0 Å². The normalized spacial score (nSPS) is 34.1. The number of piperidine rings is 1. The number of likely N-dealkylation sites (tertiary alicyclic amines) is 1. The number of nitrogens with zero attached hydrogens (tertiary/aromatic N) is 2. The predicted octanol–water partition coefficient (Wildman–Crippen LogP) is 3.41. The fourth-order valence-corrected chi connectivity index (χ4v) is 5.44. The Hall–Kier alpha value is -1.59. The quantitative estimate of drug-likeness (QED) is 0.747. The number of nitrogens with one attached hydrogen (secondary N) is 1. The van der Waals surface area contributed by atoms with Crippen molar-refractivity contribution in [1.82, 2.24) is 15.1 Å². The average Bonchev–Trinajstić information content (AvgIpc) is 2.85. The Kier molecular flexibility index (Phi) is 5.79. The molecule has 1 aliphatic carbocycles. The highest BCUT2D eigenvalue weighted by molar-refractivity contribution is 6.09. The van der Waals surface area contributed by atoms with Crippen LogP contribution in [0.2, 0.25) is 0 Å². The maximum atomic E-state index is 13.1. The van der Waals surface area contributed by atoms with Gasteiger partial charge >= 0.3 is 6.03 Å². The second kappa shape index (κ2) is 7.68. The standard InChI is InChI=1S/C22H37N3O3/c1-6-21(4,5)17-7-9-22(10-8-17)19(27)25(20(28)23-22)14-18(26)24-12-15(2)11-16(3)13-24/h15-17H,6-14H2,1-5H3,(H,23,28). The molecular weight excluding hydrogens is 354 g/mol. The largest absolute Gasteiger partial charge is 0.341 e. The number of imide groups is 1. The summed E-state index contributed by atoms with van der Waals surface area (Å²) >= 11 is 0. The van der Waals surface area contributed by atoms with Gasteiger partial charge in [-0.25, -0.2) is 4.79 Å². The minimum Gasteiger partial charge on any atom is -0.341 e. The average molecular weight is 392 g/mol.